The largest absolute Gasteiger partial charge is 0.224 e. The first-order valence-corrected chi connectivity index (χ1v) is 5.50. The Hall–Kier alpha value is -0.540. The highest BCUT2D eigenvalue weighted by Gasteiger charge is 2.13. The Morgan fingerprint density at radius 3 is 2.33 bits per heavy atom. The molecular weight excluding hydrogens is 196 g/mol. The average molecular weight is 204 g/mol. The number of sulfone groups is 1. The van der Waals surface area contributed by atoms with Gasteiger partial charge in [-0.1, -0.05) is 23.7 Å². The van der Waals surface area contributed by atoms with Gasteiger partial charge in [0.25, 0.3) is 0 Å². The first-order chi connectivity index (χ1) is 5.43. The lowest BCUT2D eigenvalue weighted by atomic mass is 10.2. The molecule has 0 amide bonds. The maximum atomic E-state index is 11.2. The summed E-state index contributed by atoms with van der Waals surface area (Å²) in [5, 5.41) is 0.227. The van der Waals surface area contributed by atoms with Gasteiger partial charge in [-0.15, -0.1) is 0 Å². The van der Waals surface area contributed by atoms with Crippen molar-refractivity contribution >= 4 is 21.4 Å². The Labute approximate surface area is 77.1 Å². The van der Waals surface area contributed by atoms with Gasteiger partial charge in [0.2, 0.25) is 0 Å². The summed E-state index contributed by atoms with van der Waals surface area (Å²) in [5.41, 5.74) is 0.435. The Morgan fingerprint density at radius 1 is 1.42 bits per heavy atom. The molecule has 1 aromatic carbocycles. The van der Waals surface area contributed by atoms with Gasteiger partial charge in [-0.3, -0.25) is 0 Å². The van der Waals surface area contributed by atoms with Crippen LogP contribution in [0.5, 0.6) is 0 Å². The molecule has 0 heterocycles. The quantitative estimate of drug-likeness (QED) is 0.699. The van der Waals surface area contributed by atoms with Gasteiger partial charge in [-0.25, -0.2) is 8.42 Å². The van der Waals surface area contributed by atoms with Gasteiger partial charge in [0.1, 0.15) is 0 Å². The Balaban J connectivity index is 3.53. The zero-order valence-electron chi connectivity index (χ0n) is 6.54. The third kappa shape index (κ3) is 1.79. The maximum Gasteiger partial charge on any atom is 0.177 e. The summed E-state index contributed by atoms with van der Waals surface area (Å²) in [6.07, 6.45) is 1.11. The van der Waals surface area contributed by atoms with Crippen LogP contribution in [0.3, 0.4) is 0 Å². The summed E-state index contributed by atoms with van der Waals surface area (Å²) in [5.74, 6) is 0. The molecule has 0 unspecified atom stereocenters. The minimum absolute atomic E-state index is 0.117. The molecule has 2 nitrogen and oxygen atoms in total. The molecule has 0 atom stereocenters. The molecule has 1 radical (unpaired) electrons. The maximum absolute atomic E-state index is 11.2. The van der Waals surface area contributed by atoms with E-state index in [1.54, 1.807) is 12.1 Å². The van der Waals surface area contributed by atoms with Gasteiger partial charge in [0.05, 0.1) is 9.92 Å². The molecule has 65 valence electrons. The highest BCUT2D eigenvalue weighted by molar-refractivity contribution is 7.90. The van der Waals surface area contributed by atoms with E-state index in [0.29, 0.717) is 5.56 Å². The SMILES string of the molecule is [CH2]c1cccc(Cl)c1S(C)(=O)=O. The second kappa shape index (κ2) is 3.07. The first-order valence-electron chi connectivity index (χ1n) is 3.23. The van der Waals surface area contributed by atoms with Crippen LogP contribution >= 0.6 is 11.6 Å². The summed E-state index contributed by atoms with van der Waals surface area (Å²) >= 11 is 5.69. The number of hydrogen-bond acceptors (Lipinski definition) is 2. The van der Waals surface area contributed by atoms with E-state index in [0.717, 1.165) is 6.26 Å². The summed E-state index contributed by atoms with van der Waals surface area (Å²) in [4.78, 5) is 0.117. The van der Waals surface area contributed by atoms with Crippen LogP contribution in [0, 0.1) is 6.92 Å². The highest BCUT2D eigenvalue weighted by Crippen LogP contribution is 2.24. The van der Waals surface area contributed by atoms with Gasteiger partial charge in [0.15, 0.2) is 9.84 Å². The predicted octanol–water partition coefficient (Wildman–Crippen LogP) is 1.93. The van der Waals surface area contributed by atoms with Crippen LogP contribution in [0.4, 0.5) is 0 Å². The molecule has 0 saturated carbocycles. The Morgan fingerprint density at radius 2 is 2.00 bits per heavy atom. The van der Waals surface area contributed by atoms with E-state index >= 15 is 0 Å². The fourth-order valence-electron chi connectivity index (χ4n) is 0.969. The molecule has 0 aromatic heterocycles. The third-order valence-corrected chi connectivity index (χ3v) is 3.07. The fraction of sp³-hybridized carbons (Fsp3) is 0.125. The lowest BCUT2D eigenvalue weighted by Crippen LogP contribution is -2.00. The van der Waals surface area contributed by atoms with Gasteiger partial charge in [0, 0.05) is 6.26 Å². The van der Waals surface area contributed by atoms with Crippen LogP contribution in [-0.2, 0) is 9.84 Å². The van der Waals surface area contributed by atoms with E-state index in [4.69, 9.17) is 11.6 Å². The summed E-state index contributed by atoms with van der Waals surface area (Å²) in [6, 6.07) is 4.81. The van der Waals surface area contributed by atoms with Crippen LogP contribution in [0.1, 0.15) is 5.56 Å². The minimum atomic E-state index is -3.26. The highest BCUT2D eigenvalue weighted by atomic mass is 35.5. The van der Waals surface area contributed by atoms with Crippen LogP contribution in [-0.4, -0.2) is 14.7 Å². The topological polar surface area (TPSA) is 34.1 Å². The van der Waals surface area contributed by atoms with Crippen molar-refractivity contribution in [1.29, 1.82) is 0 Å². The monoisotopic (exact) mass is 203 g/mol. The number of hydrogen-bond donors (Lipinski definition) is 0. The third-order valence-electron chi connectivity index (χ3n) is 1.42. The van der Waals surface area contributed by atoms with Crippen LogP contribution < -0.4 is 0 Å². The molecule has 1 rings (SSSR count). The zero-order chi connectivity index (χ0) is 9.35. The molecule has 1 aromatic rings. The standard InChI is InChI=1S/C8H8ClO2S/c1-6-4-3-5-7(9)8(6)12(2,10)11/h3-5H,1H2,2H3. The van der Waals surface area contributed by atoms with Gasteiger partial charge in [-0.2, -0.15) is 0 Å². The van der Waals surface area contributed by atoms with Crippen LogP contribution in [0.2, 0.25) is 5.02 Å². The van der Waals surface area contributed by atoms with E-state index in [9.17, 15) is 8.42 Å². The van der Waals surface area contributed by atoms with Gasteiger partial charge in [-0.05, 0) is 18.6 Å². The van der Waals surface area contributed by atoms with Gasteiger partial charge < -0.3 is 0 Å². The lowest BCUT2D eigenvalue weighted by Gasteiger charge is -2.04. The molecular formula is C8H8ClO2S. The van der Waals surface area contributed by atoms with Crippen molar-refractivity contribution < 1.29 is 8.42 Å². The van der Waals surface area contributed by atoms with Gasteiger partial charge >= 0.3 is 0 Å². The molecule has 0 aliphatic heterocycles. The van der Waals surface area contributed by atoms with Crippen LogP contribution in [0.25, 0.3) is 0 Å². The fourth-order valence-corrected chi connectivity index (χ4v) is 2.55. The second-order valence-corrected chi connectivity index (χ2v) is 4.86. The predicted molar refractivity (Wildman–Crippen MR) is 49.0 cm³/mol. The number of rotatable bonds is 1. The second-order valence-electron chi connectivity index (χ2n) is 2.50. The van der Waals surface area contributed by atoms with Crippen molar-refractivity contribution in [1.82, 2.24) is 0 Å². The van der Waals surface area contributed by atoms with Crippen molar-refractivity contribution in [3.63, 3.8) is 0 Å². The molecule has 0 saturated heterocycles. The molecule has 12 heavy (non-hydrogen) atoms. The molecule has 0 bridgehead atoms. The minimum Gasteiger partial charge on any atom is -0.224 e. The van der Waals surface area contributed by atoms with Crippen molar-refractivity contribution in [3.8, 4) is 0 Å². The van der Waals surface area contributed by atoms with Crippen molar-refractivity contribution in [2.75, 3.05) is 6.26 Å². The molecule has 0 spiro atoms. The normalized spacial score (nSPS) is 11.6. The molecule has 0 N–H and O–H groups in total. The van der Waals surface area contributed by atoms with Crippen molar-refractivity contribution in [2.24, 2.45) is 0 Å². The first kappa shape index (κ1) is 9.55. The zero-order valence-corrected chi connectivity index (χ0v) is 8.11. The molecule has 4 heteroatoms. The smallest absolute Gasteiger partial charge is 0.177 e. The summed E-state index contributed by atoms with van der Waals surface area (Å²) < 4.78 is 22.3. The number of halogens is 1. The van der Waals surface area contributed by atoms with Crippen LogP contribution in [0.15, 0.2) is 23.1 Å². The Kier molecular flexibility index (Phi) is 2.44. The molecule has 0 aliphatic carbocycles. The Bertz CT molecular complexity index is 375. The summed E-state index contributed by atoms with van der Waals surface area (Å²) in [6.45, 7) is 3.58. The van der Waals surface area contributed by atoms with Crippen molar-refractivity contribution in [3.05, 3.63) is 35.7 Å². The average Bonchev–Trinajstić information content (AvgIpc) is 1.82. The van der Waals surface area contributed by atoms with E-state index in [-0.39, 0.29) is 9.92 Å². The van der Waals surface area contributed by atoms with E-state index in [2.05, 4.69) is 6.92 Å². The van der Waals surface area contributed by atoms with E-state index < -0.39 is 9.84 Å². The van der Waals surface area contributed by atoms with E-state index in [1.807, 2.05) is 0 Å². The molecule has 0 fully saturated rings. The molecule has 0 aliphatic rings. The summed E-state index contributed by atoms with van der Waals surface area (Å²) in [7, 11) is -3.26. The lowest BCUT2D eigenvalue weighted by molar-refractivity contribution is 0.601. The van der Waals surface area contributed by atoms with Crippen molar-refractivity contribution in [2.45, 2.75) is 4.90 Å². The van der Waals surface area contributed by atoms with E-state index in [1.165, 1.54) is 6.07 Å². The number of benzene rings is 1.